The minimum Gasteiger partial charge on any atom is -0.299 e. The van der Waals surface area contributed by atoms with Crippen LogP contribution in [0.3, 0.4) is 0 Å². The smallest absolute Gasteiger partial charge is 0.136 e. The molecule has 0 bridgehead atoms. The molecule has 13 heavy (non-hydrogen) atoms. The largest absolute Gasteiger partial charge is 0.299 e. The molecule has 2 saturated carbocycles. The van der Waals surface area contributed by atoms with Crippen LogP contribution in [0.25, 0.3) is 0 Å². The Morgan fingerprint density at radius 1 is 1.23 bits per heavy atom. The van der Waals surface area contributed by atoms with Gasteiger partial charge in [-0.2, -0.15) is 0 Å². The normalized spacial score (nSPS) is 38.5. The first-order valence-corrected chi connectivity index (χ1v) is 5.64. The van der Waals surface area contributed by atoms with Crippen molar-refractivity contribution in [3.63, 3.8) is 0 Å². The van der Waals surface area contributed by atoms with Gasteiger partial charge in [0.1, 0.15) is 5.78 Å². The van der Waals surface area contributed by atoms with Crippen molar-refractivity contribution in [2.24, 2.45) is 17.3 Å². The van der Waals surface area contributed by atoms with Gasteiger partial charge in [-0.3, -0.25) is 4.79 Å². The molecule has 0 radical (unpaired) electrons. The van der Waals surface area contributed by atoms with Crippen LogP contribution in [-0.4, -0.2) is 5.78 Å². The fraction of sp³-hybridized carbons (Fsp3) is 0.917. The minimum absolute atomic E-state index is 0.292. The Kier molecular flexibility index (Phi) is 2.21. The fourth-order valence-electron chi connectivity index (χ4n) is 3.48. The number of hydrogen-bond acceptors (Lipinski definition) is 1. The second kappa shape index (κ2) is 3.11. The van der Waals surface area contributed by atoms with Crippen molar-refractivity contribution in [1.82, 2.24) is 0 Å². The van der Waals surface area contributed by atoms with Crippen molar-refractivity contribution in [3.8, 4) is 0 Å². The maximum Gasteiger partial charge on any atom is 0.136 e. The van der Waals surface area contributed by atoms with Gasteiger partial charge in [0.2, 0.25) is 0 Å². The summed E-state index contributed by atoms with van der Waals surface area (Å²) in [6.07, 6.45) is 7.20. The number of rotatable bonds is 0. The number of carbonyl (C=O) groups is 1. The third-order valence-electron chi connectivity index (χ3n) is 4.05. The van der Waals surface area contributed by atoms with Crippen molar-refractivity contribution in [1.29, 1.82) is 0 Å². The molecular weight excluding hydrogens is 160 g/mol. The lowest BCUT2D eigenvalue weighted by Gasteiger charge is -2.45. The summed E-state index contributed by atoms with van der Waals surface area (Å²) < 4.78 is 0. The third kappa shape index (κ3) is 1.53. The Bertz CT molecular complexity index is 215. The van der Waals surface area contributed by atoms with E-state index in [0.29, 0.717) is 17.1 Å². The molecule has 0 aromatic carbocycles. The molecule has 2 unspecified atom stereocenters. The van der Waals surface area contributed by atoms with Crippen molar-refractivity contribution < 1.29 is 4.79 Å². The molecule has 0 aromatic heterocycles. The van der Waals surface area contributed by atoms with E-state index in [9.17, 15) is 4.79 Å². The molecular formula is C12H20O. The monoisotopic (exact) mass is 180 g/mol. The molecule has 0 spiro atoms. The average molecular weight is 180 g/mol. The van der Waals surface area contributed by atoms with Gasteiger partial charge in [0, 0.05) is 12.3 Å². The highest BCUT2D eigenvalue weighted by molar-refractivity contribution is 5.82. The van der Waals surface area contributed by atoms with Crippen molar-refractivity contribution >= 4 is 5.78 Å². The highest BCUT2D eigenvalue weighted by Crippen LogP contribution is 2.48. The molecule has 1 nitrogen and oxygen atoms in total. The Morgan fingerprint density at radius 3 is 2.62 bits per heavy atom. The number of fused-ring (bicyclic) bond motifs is 1. The molecule has 74 valence electrons. The summed E-state index contributed by atoms with van der Waals surface area (Å²) in [6.45, 7) is 4.57. The van der Waals surface area contributed by atoms with Gasteiger partial charge in [0.05, 0.1) is 0 Å². The molecule has 0 heterocycles. The number of ketones is 1. The maximum absolute atomic E-state index is 11.8. The van der Waals surface area contributed by atoms with Gasteiger partial charge < -0.3 is 0 Å². The van der Waals surface area contributed by atoms with Crippen molar-refractivity contribution in [3.05, 3.63) is 0 Å². The molecule has 2 aliphatic rings. The van der Waals surface area contributed by atoms with Crippen LogP contribution in [0.2, 0.25) is 0 Å². The van der Waals surface area contributed by atoms with E-state index >= 15 is 0 Å². The lowest BCUT2D eigenvalue weighted by Crippen LogP contribution is -2.42. The van der Waals surface area contributed by atoms with Crippen molar-refractivity contribution in [2.75, 3.05) is 0 Å². The first-order valence-electron chi connectivity index (χ1n) is 5.64. The zero-order valence-electron chi connectivity index (χ0n) is 8.81. The standard InChI is InChI=1S/C12H20O/c1-12(2)8-4-6-9-5-3-7-10(13)11(9)12/h9,11H,3-8H2,1-2H3. The summed E-state index contributed by atoms with van der Waals surface area (Å²) in [5.41, 5.74) is 0.292. The minimum atomic E-state index is 0.292. The van der Waals surface area contributed by atoms with E-state index in [-0.39, 0.29) is 0 Å². The molecule has 0 N–H and O–H groups in total. The summed E-state index contributed by atoms with van der Waals surface area (Å²) in [6, 6.07) is 0. The zero-order valence-corrected chi connectivity index (χ0v) is 8.81. The molecule has 2 aliphatic carbocycles. The van der Waals surface area contributed by atoms with E-state index in [2.05, 4.69) is 13.8 Å². The van der Waals surface area contributed by atoms with Crippen LogP contribution in [0.15, 0.2) is 0 Å². The Labute approximate surface area is 80.9 Å². The molecule has 1 heteroatoms. The van der Waals surface area contributed by atoms with Crippen LogP contribution < -0.4 is 0 Å². The van der Waals surface area contributed by atoms with Crippen molar-refractivity contribution in [2.45, 2.75) is 52.4 Å². The van der Waals surface area contributed by atoms with Gasteiger partial charge >= 0.3 is 0 Å². The molecule has 0 saturated heterocycles. The Morgan fingerprint density at radius 2 is 1.92 bits per heavy atom. The van der Waals surface area contributed by atoms with Gasteiger partial charge in [-0.05, 0) is 37.0 Å². The highest BCUT2D eigenvalue weighted by atomic mass is 16.1. The van der Waals surface area contributed by atoms with Crippen LogP contribution in [0.5, 0.6) is 0 Å². The molecule has 2 fully saturated rings. The van der Waals surface area contributed by atoms with E-state index in [1.807, 2.05) is 0 Å². The van der Waals surface area contributed by atoms with E-state index in [0.717, 1.165) is 18.8 Å². The topological polar surface area (TPSA) is 17.1 Å². The van der Waals surface area contributed by atoms with E-state index in [1.54, 1.807) is 0 Å². The predicted octanol–water partition coefficient (Wildman–Crippen LogP) is 3.18. The molecule has 2 atom stereocenters. The summed E-state index contributed by atoms with van der Waals surface area (Å²) in [5, 5.41) is 0. The third-order valence-corrected chi connectivity index (χ3v) is 4.05. The predicted molar refractivity (Wildman–Crippen MR) is 53.5 cm³/mol. The average Bonchev–Trinajstić information content (AvgIpc) is 2.02. The van der Waals surface area contributed by atoms with E-state index in [1.165, 1.54) is 25.7 Å². The molecule has 0 aromatic rings. The van der Waals surface area contributed by atoms with Gasteiger partial charge in [-0.1, -0.05) is 20.3 Å². The summed E-state index contributed by atoms with van der Waals surface area (Å²) in [5.74, 6) is 1.68. The Balaban J connectivity index is 2.21. The quantitative estimate of drug-likeness (QED) is 0.559. The highest BCUT2D eigenvalue weighted by Gasteiger charge is 2.44. The van der Waals surface area contributed by atoms with Crippen LogP contribution in [-0.2, 0) is 4.79 Å². The zero-order chi connectivity index (χ0) is 9.47. The first kappa shape index (κ1) is 9.23. The summed E-state index contributed by atoms with van der Waals surface area (Å²) in [4.78, 5) is 11.8. The number of hydrogen-bond donors (Lipinski definition) is 0. The molecule has 2 rings (SSSR count). The summed E-state index contributed by atoms with van der Waals surface area (Å²) in [7, 11) is 0. The van der Waals surface area contributed by atoms with Gasteiger partial charge in [0.15, 0.2) is 0 Å². The second-order valence-electron chi connectivity index (χ2n) is 5.48. The molecule has 0 amide bonds. The van der Waals surface area contributed by atoms with Crippen LogP contribution >= 0.6 is 0 Å². The number of carbonyl (C=O) groups excluding carboxylic acids is 1. The van der Waals surface area contributed by atoms with Gasteiger partial charge in [-0.15, -0.1) is 0 Å². The number of Topliss-reactive ketones (excluding diaryl/α,β-unsaturated/α-hetero) is 1. The van der Waals surface area contributed by atoms with Gasteiger partial charge in [0.25, 0.3) is 0 Å². The molecule has 0 aliphatic heterocycles. The SMILES string of the molecule is CC1(C)CCCC2CCCC(=O)C21. The first-order chi connectivity index (χ1) is 6.11. The van der Waals surface area contributed by atoms with E-state index < -0.39 is 0 Å². The fourth-order valence-corrected chi connectivity index (χ4v) is 3.48. The lowest BCUT2D eigenvalue weighted by atomic mass is 9.58. The lowest BCUT2D eigenvalue weighted by molar-refractivity contribution is -0.134. The Hall–Kier alpha value is -0.330. The van der Waals surface area contributed by atoms with Crippen LogP contribution in [0.4, 0.5) is 0 Å². The summed E-state index contributed by atoms with van der Waals surface area (Å²) >= 11 is 0. The van der Waals surface area contributed by atoms with Crippen LogP contribution in [0, 0.1) is 17.3 Å². The second-order valence-corrected chi connectivity index (χ2v) is 5.48. The van der Waals surface area contributed by atoms with E-state index in [4.69, 9.17) is 0 Å². The van der Waals surface area contributed by atoms with Crippen LogP contribution in [0.1, 0.15) is 52.4 Å². The van der Waals surface area contributed by atoms with Gasteiger partial charge in [-0.25, -0.2) is 0 Å². The maximum atomic E-state index is 11.8.